The summed E-state index contributed by atoms with van der Waals surface area (Å²) in [5.74, 6) is 1.07. The van der Waals surface area contributed by atoms with E-state index in [-0.39, 0.29) is 0 Å². The molecule has 2 aliphatic rings. The largest absolute Gasteiger partial charge is 0.341 e. The molecule has 2 aliphatic heterocycles. The van der Waals surface area contributed by atoms with E-state index in [1.54, 1.807) is 0 Å². The van der Waals surface area contributed by atoms with E-state index in [1.807, 2.05) is 0 Å². The van der Waals surface area contributed by atoms with Crippen LogP contribution in [0.25, 0.3) is 0 Å². The van der Waals surface area contributed by atoms with Gasteiger partial charge < -0.3 is 10.2 Å². The van der Waals surface area contributed by atoms with Gasteiger partial charge in [-0.1, -0.05) is 13.3 Å². The second-order valence-corrected chi connectivity index (χ2v) is 5.28. The van der Waals surface area contributed by atoms with Gasteiger partial charge in [-0.3, -0.25) is 9.69 Å². The van der Waals surface area contributed by atoms with Gasteiger partial charge in [-0.15, -0.1) is 0 Å². The van der Waals surface area contributed by atoms with Crippen LogP contribution >= 0.6 is 0 Å². The van der Waals surface area contributed by atoms with Crippen molar-refractivity contribution in [2.45, 2.75) is 26.2 Å². The molecule has 0 saturated carbocycles. The standard InChI is InChI=1S/C13H25N3O/c1-2-12-4-3-7-16(10-12)13(17)11-15-8-5-14-6-9-15/h12,14H,2-11H2,1H3. The molecule has 1 N–H and O–H groups in total. The Balaban J connectivity index is 1.78. The second kappa shape index (κ2) is 6.36. The number of nitrogens with zero attached hydrogens (tertiary/aromatic N) is 2. The second-order valence-electron chi connectivity index (χ2n) is 5.28. The third-order valence-electron chi connectivity index (χ3n) is 4.02. The van der Waals surface area contributed by atoms with Gasteiger partial charge in [0.1, 0.15) is 0 Å². The van der Waals surface area contributed by atoms with E-state index >= 15 is 0 Å². The maximum Gasteiger partial charge on any atom is 0.236 e. The van der Waals surface area contributed by atoms with Gasteiger partial charge in [0.25, 0.3) is 0 Å². The molecule has 2 heterocycles. The van der Waals surface area contributed by atoms with E-state index in [0.29, 0.717) is 12.5 Å². The summed E-state index contributed by atoms with van der Waals surface area (Å²) in [6, 6.07) is 0. The number of carbonyl (C=O) groups excluding carboxylic acids is 1. The lowest BCUT2D eigenvalue weighted by Crippen LogP contribution is -2.50. The normalized spacial score (nSPS) is 27.1. The molecular formula is C13H25N3O. The summed E-state index contributed by atoms with van der Waals surface area (Å²) in [4.78, 5) is 16.5. The first-order valence-electron chi connectivity index (χ1n) is 7.00. The molecule has 0 bridgehead atoms. The number of rotatable bonds is 3. The Morgan fingerprint density at radius 1 is 1.29 bits per heavy atom. The molecule has 1 atom stereocenters. The number of piperazine rings is 1. The van der Waals surface area contributed by atoms with Crippen molar-refractivity contribution in [1.29, 1.82) is 0 Å². The van der Waals surface area contributed by atoms with Crippen molar-refractivity contribution in [2.24, 2.45) is 5.92 Å². The number of hydrogen-bond acceptors (Lipinski definition) is 3. The van der Waals surface area contributed by atoms with Gasteiger partial charge in [0.2, 0.25) is 5.91 Å². The average Bonchev–Trinajstić information content (AvgIpc) is 2.40. The summed E-state index contributed by atoms with van der Waals surface area (Å²) in [6.07, 6.45) is 3.69. The van der Waals surface area contributed by atoms with Gasteiger partial charge in [-0.05, 0) is 18.8 Å². The van der Waals surface area contributed by atoms with E-state index in [9.17, 15) is 4.79 Å². The van der Waals surface area contributed by atoms with Crippen LogP contribution in [0.3, 0.4) is 0 Å². The SMILES string of the molecule is CCC1CCCN(C(=O)CN2CCNCC2)C1. The molecule has 4 nitrogen and oxygen atoms in total. The molecule has 17 heavy (non-hydrogen) atoms. The highest BCUT2D eigenvalue weighted by Gasteiger charge is 2.24. The fourth-order valence-corrected chi connectivity index (χ4v) is 2.79. The molecule has 98 valence electrons. The van der Waals surface area contributed by atoms with Crippen LogP contribution in [0.15, 0.2) is 0 Å². The minimum absolute atomic E-state index is 0.338. The zero-order chi connectivity index (χ0) is 12.1. The summed E-state index contributed by atoms with van der Waals surface area (Å²) >= 11 is 0. The van der Waals surface area contributed by atoms with Crippen LogP contribution in [0, 0.1) is 5.92 Å². The van der Waals surface area contributed by atoms with Crippen LogP contribution in [-0.4, -0.2) is 61.5 Å². The van der Waals surface area contributed by atoms with E-state index in [1.165, 1.54) is 19.3 Å². The van der Waals surface area contributed by atoms with Crippen LogP contribution in [0.5, 0.6) is 0 Å². The summed E-state index contributed by atoms with van der Waals surface area (Å²) in [5.41, 5.74) is 0. The number of piperidine rings is 1. The summed E-state index contributed by atoms with van der Waals surface area (Å²) in [5, 5.41) is 3.32. The highest BCUT2D eigenvalue weighted by Crippen LogP contribution is 2.19. The Bertz CT molecular complexity index is 251. The molecule has 0 aromatic carbocycles. The first-order chi connectivity index (χ1) is 8.29. The van der Waals surface area contributed by atoms with E-state index in [0.717, 1.165) is 45.2 Å². The van der Waals surface area contributed by atoms with Crippen LogP contribution < -0.4 is 5.32 Å². The predicted molar refractivity (Wildman–Crippen MR) is 68.9 cm³/mol. The lowest BCUT2D eigenvalue weighted by Gasteiger charge is -2.34. The van der Waals surface area contributed by atoms with Gasteiger partial charge in [0, 0.05) is 39.3 Å². The Labute approximate surface area is 104 Å². The summed E-state index contributed by atoms with van der Waals surface area (Å²) < 4.78 is 0. The van der Waals surface area contributed by atoms with Crippen molar-refractivity contribution in [2.75, 3.05) is 45.8 Å². The number of carbonyl (C=O) groups is 1. The highest BCUT2D eigenvalue weighted by atomic mass is 16.2. The van der Waals surface area contributed by atoms with Crippen LogP contribution in [0.2, 0.25) is 0 Å². The molecule has 1 amide bonds. The highest BCUT2D eigenvalue weighted by molar-refractivity contribution is 5.78. The van der Waals surface area contributed by atoms with Crippen molar-refractivity contribution in [3.63, 3.8) is 0 Å². The smallest absolute Gasteiger partial charge is 0.236 e. The molecule has 0 aromatic rings. The Hall–Kier alpha value is -0.610. The first kappa shape index (κ1) is 12.8. The van der Waals surface area contributed by atoms with Crippen molar-refractivity contribution in [1.82, 2.24) is 15.1 Å². The van der Waals surface area contributed by atoms with Crippen molar-refractivity contribution < 1.29 is 4.79 Å². The van der Waals surface area contributed by atoms with Crippen molar-refractivity contribution >= 4 is 5.91 Å². The predicted octanol–water partition coefficient (Wildman–Crippen LogP) is 0.540. The quantitative estimate of drug-likeness (QED) is 0.781. The number of likely N-dealkylation sites (tertiary alicyclic amines) is 1. The number of hydrogen-bond donors (Lipinski definition) is 1. The molecule has 2 fully saturated rings. The van der Waals surface area contributed by atoms with Gasteiger partial charge in [0.15, 0.2) is 0 Å². The topological polar surface area (TPSA) is 35.6 Å². The lowest BCUT2D eigenvalue weighted by molar-refractivity contribution is -0.134. The Morgan fingerprint density at radius 2 is 2.06 bits per heavy atom. The molecule has 1 unspecified atom stereocenters. The third-order valence-corrected chi connectivity index (χ3v) is 4.02. The van der Waals surface area contributed by atoms with E-state index in [2.05, 4.69) is 22.0 Å². The van der Waals surface area contributed by atoms with Crippen molar-refractivity contribution in [3.8, 4) is 0 Å². The third kappa shape index (κ3) is 3.68. The molecular weight excluding hydrogens is 214 g/mol. The molecule has 0 radical (unpaired) electrons. The molecule has 2 rings (SSSR count). The molecule has 4 heteroatoms. The van der Waals surface area contributed by atoms with Gasteiger partial charge in [0.05, 0.1) is 6.54 Å². The van der Waals surface area contributed by atoms with E-state index in [4.69, 9.17) is 0 Å². The van der Waals surface area contributed by atoms with Crippen molar-refractivity contribution in [3.05, 3.63) is 0 Å². The molecule has 2 saturated heterocycles. The molecule has 0 aliphatic carbocycles. The minimum Gasteiger partial charge on any atom is -0.341 e. The van der Waals surface area contributed by atoms with Gasteiger partial charge in [-0.25, -0.2) is 0 Å². The maximum absolute atomic E-state index is 12.2. The summed E-state index contributed by atoms with van der Waals surface area (Å²) in [7, 11) is 0. The molecule has 0 aromatic heterocycles. The van der Waals surface area contributed by atoms with Crippen LogP contribution in [0.1, 0.15) is 26.2 Å². The minimum atomic E-state index is 0.338. The zero-order valence-corrected chi connectivity index (χ0v) is 11.0. The maximum atomic E-state index is 12.2. The number of nitrogens with one attached hydrogen (secondary N) is 1. The lowest BCUT2D eigenvalue weighted by atomic mass is 9.95. The van der Waals surface area contributed by atoms with Gasteiger partial charge >= 0.3 is 0 Å². The zero-order valence-electron chi connectivity index (χ0n) is 11.0. The monoisotopic (exact) mass is 239 g/mol. The van der Waals surface area contributed by atoms with Crippen LogP contribution in [0.4, 0.5) is 0 Å². The van der Waals surface area contributed by atoms with E-state index < -0.39 is 0 Å². The van der Waals surface area contributed by atoms with Gasteiger partial charge in [-0.2, -0.15) is 0 Å². The number of amides is 1. The molecule has 0 spiro atoms. The Kier molecular flexibility index (Phi) is 4.80. The average molecular weight is 239 g/mol. The fraction of sp³-hybridized carbons (Fsp3) is 0.923. The van der Waals surface area contributed by atoms with Crippen LogP contribution in [-0.2, 0) is 4.79 Å². The first-order valence-corrected chi connectivity index (χ1v) is 7.00. The Morgan fingerprint density at radius 3 is 2.76 bits per heavy atom. The fourth-order valence-electron chi connectivity index (χ4n) is 2.79. The summed E-state index contributed by atoms with van der Waals surface area (Å²) in [6.45, 7) is 8.87.